The monoisotopic (exact) mass is 493 g/mol. The lowest BCUT2D eigenvalue weighted by Gasteiger charge is -2.49. The van der Waals surface area contributed by atoms with Crippen LogP contribution < -0.4 is 19.7 Å². The molecule has 0 aliphatic carbocycles. The van der Waals surface area contributed by atoms with Gasteiger partial charge in [0.1, 0.15) is 11.5 Å². The number of nitrogens with zero attached hydrogens (tertiary/aromatic N) is 1. The quantitative estimate of drug-likeness (QED) is 0.315. The van der Waals surface area contributed by atoms with Crippen LogP contribution in [-0.4, -0.2) is 6.85 Å². The fourth-order valence-electron chi connectivity index (χ4n) is 5.38. The fraction of sp³-hybridized carbons (Fsp3) is 0.273. The summed E-state index contributed by atoms with van der Waals surface area (Å²) in [4.78, 5) is 2.46. The number of hydrogen-bond acceptors (Lipinski definition) is 3. The summed E-state index contributed by atoms with van der Waals surface area (Å²) in [6.07, 6.45) is 4.02. The predicted molar refractivity (Wildman–Crippen MR) is 163 cm³/mol. The molecule has 3 aromatic rings. The molecule has 0 aromatic heterocycles. The zero-order chi connectivity index (χ0) is 27.3. The molecule has 0 radical (unpaired) electrons. The second kappa shape index (κ2) is 12.1. The molecule has 0 saturated heterocycles. The predicted octanol–water partition coefficient (Wildman–Crippen LogP) is 9.70. The molecule has 3 aromatic carbocycles. The molecule has 37 heavy (non-hydrogen) atoms. The Balaban J connectivity index is 0.000000438. The van der Waals surface area contributed by atoms with Gasteiger partial charge < -0.3 is 14.3 Å². The van der Waals surface area contributed by atoms with Crippen LogP contribution in [-0.2, 0) is 0 Å². The summed E-state index contributed by atoms with van der Waals surface area (Å²) < 4.78 is 12.8. The molecule has 0 fully saturated rings. The summed E-state index contributed by atoms with van der Waals surface area (Å²) in [6, 6.07) is 18.9. The summed E-state index contributed by atoms with van der Waals surface area (Å²) in [5.74, 6) is 3.54. The number of rotatable bonds is 1. The lowest BCUT2D eigenvalue weighted by molar-refractivity contribution is 0.442. The smallest absolute Gasteiger partial charge is 0.337 e. The lowest BCUT2D eigenvalue weighted by atomic mass is 9.40. The highest BCUT2D eigenvalue weighted by Crippen LogP contribution is 2.60. The normalized spacial score (nSPS) is 14.5. The number of anilines is 2. The molecule has 3 nitrogen and oxygen atoms in total. The molecule has 0 N–H and O–H groups in total. The Kier molecular flexibility index (Phi) is 9.10. The molecule has 4 heteroatoms. The standard InChI is InChI=1S/C25H16BNO2.4C2H6/c1-3-14-16-9-6-12-20-24(16)27-25-17(10-7-13-21(25)29-20)15-8-5-11-19-23(15)26(27)22(14)18(4-2)28-19;4*1-2/h3-13H,2H2,1H3;4*1-2H3/b14-3-;;;;. The number of benzene rings is 3. The maximum atomic E-state index is 6.40. The van der Waals surface area contributed by atoms with Crippen LogP contribution in [0, 0.1) is 0 Å². The molecule has 0 spiro atoms. The van der Waals surface area contributed by atoms with Crippen LogP contribution in [0.25, 0.3) is 16.7 Å². The SMILES string of the molecule is C=CC1=C2B3c4c(cccc4-c4cccc5c4N3c3c(cccc3/C2=C/C)O5)O1.CC.CC.CC.CC. The first-order valence-electron chi connectivity index (χ1n) is 13.9. The molecular formula is C33H40BNO2. The van der Waals surface area contributed by atoms with Crippen molar-refractivity contribution in [3.8, 4) is 28.4 Å². The topological polar surface area (TPSA) is 21.7 Å². The largest absolute Gasteiger partial charge is 0.458 e. The van der Waals surface area contributed by atoms with Gasteiger partial charge in [-0.15, -0.1) is 0 Å². The highest BCUT2D eigenvalue weighted by Gasteiger charge is 2.51. The lowest BCUT2D eigenvalue weighted by Crippen LogP contribution is -2.56. The van der Waals surface area contributed by atoms with Crippen LogP contribution in [0.15, 0.2) is 84.6 Å². The second-order valence-electron chi connectivity index (χ2n) is 7.68. The third-order valence-corrected chi connectivity index (χ3v) is 6.40. The van der Waals surface area contributed by atoms with E-state index in [1.165, 1.54) is 33.2 Å². The summed E-state index contributed by atoms with van der Waals surface area (Å²) in [5, 5.41) is 0. The Morgan fingerprint density at radius 2 is 1.19 bits per heavy atom. The Morgan fingerprint density at radius 3 is 1.76 bits per heavy atom. The van der Waals surface area contributed by atoms with Gasteiger partial charge in [-0.25, -0.2) is 0 Å². The average molecular weight is 494 g/mol. The van der Waals surface area contributed by atoms with Gasteiger partial charge in [0.15, 0.2) is 11.5 Å². The number of fused-ring (bicyclic) bond motifs is 1. The van der Waals surface area contributed by atoms with Crippen molar-refractivity contribution in [2.24, 2.45) is 0 Å². The van der Waals surface area contributed by atoms with Gasteiger partial charge in [-0.2, -0.15) is 0 Å². The van der Waals surface area contributed by atoms with E-state index in [0.29, 0.717) is 0 Å². The number of para-hydroxylation sites is 2. The van der Waals surface area contributed by atoms with Crippen molar-refractivity contribution in [2.45, 2.75) is 62.3 Å². The van der Waals surface area contributed by atoms with Crippen LogP contribution in [0.1, 0.15) is 67.9 Å². The second-order valence-corrected chi connectivity index (χ2v) is 7.68. The first-order valence-corrected chi connectivity index (χ1v) is 13.9. The number of ether oxygens (including phenoxy) is 2. The third-order valence-electron chi connectivity index (χ3n) is 6.40. The van der Waals surface area contributed by atoms with E-state index in [1.807, 2.05) is 61.5 Å². The molecule has 4 heterocycles. The maximum Gasteiger partial charge on any atom is 0.337 e. The van der Waals surface area contributed by atoms with E-state index in [1.54, 1.807) is 0 Å². The maximum absolute atomic E-state index is 6.40. The van der Waals surface area contributed by atoms with Crippen molar-refractivity contribution >= 4 is 29.3 Å². The van der Waals surface area contributed by atoms with Crippen molar-refractivity contribution in [3.63, 3.8) is 0 Å². The summed E-state index contributed by atoms with van der Waals surface area (Å²) in [5.41, 5.74) is 9.43. The molecule has 0 bridgehead atoms. The van der Waals surface area contributed by atoms with Crippen molar-refractivity contribution in [1.29, 1.82) is 0 Å². The zero-order valence-corrected chi connectivity index (χ0v) is 23.9. The molecular weight excluding hydrogens is 453 g/mol. The minimum Gasteiger partial charge on any atom is -0.458 e. The summed E-state index contributed by atoms with van der Waals surface area (Å²) in [6.45, 7) is 22.2. The van der Waals surface area contributed by atoms with E-state index in [0.717, 1.165) is 34.4 Å². The van der Waals surface area contributed by atoms with E-state index >= 15 is 0 Å². The van der Waals surface area contributed by atoms with Crippen LogP contribution in [0.3, 0.4) is 0 Å². The minimum absolute atomic E-state index is 0.0420. The van der Waals surface area contributed by atoms with Gasteiger partial charge in [-0.3, -0.25) is 0 Å². The third kappa shape index (κ3) is 3.99. The first kappa shape index (κ1) is 27.9. The van der Waals surface area contributed by atoms with Gasteiger partial charge in [0, 0.05) is 16.6 Å². The van der Waals surface area contributed by atoms with E-state index in [4.69, 9.17) is 9.47 Å². The van der Waals surface area contributed by atoms with Gasteiger partial charge in [-0.05, 0) is 47.8 Å². The minimum atomic E-state index is 0.0420. The van der Waals surface area contributed by atoms with Crippen molar-refractivity contribution in [3.05, 3.63) is 90.1 Å². The fourth-order valence-corrected chi connectivity index (χ4v) is 5.38. The van der Waals surface area contributed by atoms with E-state index in [-0.39, 0.29) is 6.85 Å². The molecule has 0 saturated carbocycles. The summed E-state index contributed by atoms with van der Waals surface area (Å²) >= 11 is 0. The molecule has 0 atom stereocenters. The molecule has 4 aliphatic heterocycles. The van der Waals surface area contributed by atoms with Crippen molar-refractivity contribution in [1.82, 2.24) is 0 Å². The van der Waals surface area contributed by atoms with Gasteiger partial charge in [-0.1, -0.05) is 104 Å². The van der Waals surface area contributed by atoms with Crippen LogP contribution >= 0.6 is 0 Å². The highest BCUT2D eigenvalue weighted by molar-refractivity contribution is 6.90. The molecule has 0 amide bonds. The van der Waals surface area contributed by atoms with Crippen molar-refractivity contribution < 1.29 is 9.47 Å². The molecule has 4 aliphatic rings. The highest BCUT2D eigenvalue weighted by atomic mass is 16.5. The van der Waals surface area contributed by atoms with Crippen LogP contribution in [0.2, 0.25) is 0 Å². The van der Waals surface area contributed by atoms with E-state index < -0.39 is 0 Å². The Morgan fingerprint density at radius 1 is 0.676 bits per heavy atom. The Bertz CT molecular complexity index is 1350. The van der Waals surface area contributed by atoms with E-state index in [9.17, 15) is 0 Å². The van der Waals surface area contributed by atoms with Gasteiger partial charge in [0.25, 0.3) is 0 Å². The van der Waals surface area contributed by atoms with Crippen molar-refractivity contribution in [2.75, 3.05) is 4.81 Å². The zero-order valence-electron chi connectivity index (χ0n) is 23.9. The van der Waals surface area contributed by atoms with Gasteiger partial charge >= 0.3 is 6.85 Å². The first-order chi connectivity index (χ1) is 18.3. The molecule has 192 valence electrons. The van der Waals surface area contributed by atoms with Gasteiger partial charge in [0.05, 0.1) is 11.4 Å². The Labute approximate surface area is 224 Å². The summed E-state index contributed by atoms with van der Waals surface area (Å²) in [7, 11) is 0. The van der Waals surface area contributed by atoms with Crippen LogP contribution in [0.5, 0.6) is 17.2 Å². The number of hydrogen-bond donors (Lipinski definition) is 0. The van der Waals surface area contributed by atoms with E-state index in [2.05, 4.69) is 79.0 Å². The van der Waals surface area contributed by atoms with Gasteiger partial charge in [0.2, 0.25) is 0 Å². The molecule has 0 unspecified atom stereocenters. The van der Waals surface area contributed by atoms with Crippen LogP contribution in [0.4, 0.5) is 11.4 Å². The molecule has 7 rings (SSSR count). The average Bonchev–Trinajstić information content (AvgIpc) is 3.00. The number of allylic oxidation sites excluding steroid dienone is 4. The Hall–Kier alpha value is -3.66.